The van der Waals surface area contributed by atoms with Crippen LogP contribution in [-0.2, 0) is 14.8 Å². The van der Waals surface area contributed by atoms with Crippen LogP contribution in [0.4, 0.5) is 5.69 Å². The highest BCUT2D eigenvalue weighted by atomic mass is 32.2. The summed E-state index contributed by atoms with van der Waals surface area (Å²) >= 11 is 0. The molecule has 1 N–H and O–H groups in total. The SMILES string of the molecule is COc1ccc(-c2noc(C3CCCN(S(=O)(=O)c4ccc(NC(C)=O)cc4)C3)n2)cc1. The number of amides is 1. The Morgan fingerprint density at radius 1 is 1.16 bits per heavy atom. The Labute approximate surface area is 186 Å². The molecule has 1 aromatic heterocycles. The van der Waals surface area contributed by atoms with Crippen molar-refractivity contribution in [3.05, 3.63) is 54.4 Å². The van der Waals surface area contributed by atoms with E-state index in [-0.39, 0.29) is 23.3 Å². The van der Waals surface area contributed by atoms with Crippen LogP contribution in [0.3, 0.4) is 0 Å². The molecule has 4 rings (SSSR count). The summed E-state index contributed by atoms with van der Waals surface area (Å²) in [6.07, 6.45) is 1.45. The van der Waals surface area contributed by atoms with Gasteiger partial charge in [-0.1, -0.05) is 5.16 Å². The Balaban J connectivity index is 1.49. The van der Waals surface area contributed by atoms with E-state index < -0.39 is 10.0 Å². The maximum atomic E-state index is 13.1. The Hall–Kier alpha value is -3.24. The number of anilines is 1. The third kappa shape index (κ3) is 4.66. The molecule has 2 aromatic carbocycles. The molecule has 1 amide bonds. The van der Waals surface area contributed by atoms with Crippen LogP contribution in [0.15, 0.2) is 57.9 Å². The average molecular weight is 457 g/mol. The second kappa shape index (κ2) is 9.09. The lowest BCUT2D eigenvalue weighted by molar-refractivity contribution is -0.114. The maximum absolute atomic E-state index is 13.1. The van der Waals surface area contributed by atoms with Gasteiger partial charge < -0.3 is 14.6 Å². The molecule has 1 fully saturated rings. The molecule has 1 unspecified atom stereocenters. The lowest BCUT2D eigenvalue weighted by atomic mass is 10.00. The van der Waals surface area contributed by atoms with E-state index >= 15 is 0 Å². The third-order valence-electron chi connectivity index (χ3n) is 5.34. The summed E-state index contributed by atoms with van der Waals surface area (Å²) in [5, 5.41) is 6.70. The van der Waals surface area contributed by atoms with Crippen LogP contribution in [0.25, 0.3) is 11.4 Å². The molecule has 1 aliphatic heterocycles. The van der Waals surface area contributed by atoms with Gasteiger partial charge in [0.05, 0.1) is 17.9 Å². The van der Waals surface area contributed by atoms with Crippen LogP contribution in [0.2, 0.25) is 0 Å². The second-order valence-corrected chi connectivity index (χ2v) is 9.53. The van der Waals surface area contributed by atoms with E-state index in [1.807, 2.05) is 24.3 Å². The van der Waals surface area contributed by atoms with Crippen molar-refractivity contribution in [2.75, 3.05) is 25.5 Å². The van der Waals surface area contributed by atoms with E-state index in [0.29, 0.717) is 30.4 Å². The summed E-state index contributed by atoms with van der Waals surface area (Å²) in [5.41, 5.74) is 1.34. The van der Waals surface area contributed by atoms with E-state index in [4.69, 9.17) is 9.26 Å². The van der Waals surface area contributed by atoms with Crippen LogP contribution < -0.4 is 10.1 Å². The summed E-state index contributed by atoms with van der Waals surface area (Å²) in [4.78, 5) is 15.9. The van der Waals surface area contributed by atoms with Crippen molar-refractivity contribution >= 4 is 21.6 Å². The van der Waals surface area contributed by atoms with Gasteiger partial charge in [-0.25, -0.2) is 8.42 Å². The Kier molecular flexibility index (Phi) is 6.24. The smallest absolute Gasteiger partial charge is 0.243 e. The average Bonchev–Trinajstić information content (AvgIpc) is 3.30. The summed E-state index contributed by atoms with van der Waals surface area (Å²) in [6.45, 7) is 2.09. The number of benzene rings is 2. The van der Waals surface area contributed by atoms with Crippen molar-refractivity contribution in [1.29, 1.82) is 0 Å². The number of hydrogen-bond acceptors (Lipinski definition) is 7. The molecule has 3 aromatic rings. The highest BCUT2D eigenvalue weighted by Crippen LogP contribution is 2.31. The van der Waals surface area contributed by atoms with Crippen molar-refractivity contribution in [3.8, 4) is 17.1 Å². The van der Waals surface area contributed by atoms with Crippen LogP contribution in [0, 0.1) is 0 Å². The van der Waals surface area contributed by atoms with Crippen LogP contribution in [-0.4, -0.2) is 49.0 Å². The predicted molar refractivity (Wildman–Crippen MR) is 118 cm³/mol. The number of methoxy groups -OCH3 is 1. The second-order valence-electron chi connectivity index (χ2n) is 7.59. The molecular weight excluding hydrogens is 432 g/mol. The molecule has 0 bridgehead atoms. The van der Waals surface area contributed by atoms with Gasteiger partial charge in [0.2, 0.25) is 27.6 Å². The first-order chi connectivity index (χ1) is 15.4. The minimum Gasteiger partial charge on any atom is -0.497 e. The maximum Gasteiger partial charge on any atom is 0.243 e. The standard InChI is InChI=1S/C22H24N4O5S/c1-15(27)23-18-7-11-20(12-8-18)32(28,29)26-13-3-4-17(14-26)22-24-21(25-31-22)16-5-9-19(30-2)10-6-16/h5-12,17H,3-4,13-14H2,1-2H3,(H,23,27). The number of carbonyl (C=O) groups is 1. The molecule has 1 aliphatic rings. The van der Waals surface area contributed by atoms with E-state index in [9.17, 15) is 13.2 Å². The number of nitrogens with zero attached hydrogens (tertiary/aromatic N) is 3. The Morgan fingerprint density at radius 3 is 2.53 bits per heavy atom. The fourth-order valence-corrected chi connectivity index (χ4v) is 5.21. The van der Waals surface area contributed by atoms with Crippen molar-refractivity contribution < 1.29 is 22.5 Å². The first-order valence-electron chi connectivity index (χ1n) is 10.2. The first-order valence-corrected chi connectivity index (χ1v) is 11.7. The number of nitrogens with one attached hydrogen (secondary N) is 1. The van der Waals surface area contributed by atoms with Gasteiger partial charge in [-0.15, -0.1) is 0 Å². The number of sulfonamides is 1. The van der Waals surface area contributed by atoms with E-state index in [1.54, 1.807) is 19.2 Å². The molecular formula is C22H24N4O5S. The zero-order valence-corrected chi connectivity index (χ0v) is 18.6. The van der Waals surface area contributed by atoms with E-state index in [1.165, 1.54) is 23.4 Å². The lowest BCUT2D eigenvalue weighted by Gasteiger charge is -2.30. The molecule has 0 radical (unpaired) electrons. The zero-order valence-electron chi connectivity index (χ0n) is 17.8. The molecule has 32 heavy (non-hydrogen) atoms. The fraction of sp³-hybridized carbons (Fsp3) is 0.318. The van der Waals surface area contributed by atoms with Gasteiger partial charge in [0.15, 0.2) is 0 Å². The van der Waals surface area contributed by atoms with Crippen molar-refractivity contribution in [3.63, 3.8) is 0 Å². The van der Waals surface area contributed by atoms with E-state index in [2.05, 4.69) is 15.5 Å². The zero-order chi connectivity index (χ0) is 22.7. The fourth-order valence-electron chi connectivity index (χ4n) is 3.68. The molecule has 10 heteroatoms. The highest BCUT2D eigenvalue weighted by molar-refractivity contribution is 7.89. The third-order valence-corrected chi connectivity index (χ3v) is 7.22. The minimum absolute atomic E-state index is 0.178. The Bertz CT molecular complexity index is 1190. The van der Waals surface area contributed by atoms with Gasteiger partial charge in [-0.2, -0.15) is 9.29 Å². The van der Waals surface area contributed by atoms with Gasteiger partial charge in [0.1, 0.15) is 5.75 Å². The van der Waals surface area contributed by atoms with Gasteiger partial charge in [-0.05, 0) is 61.4 Å². The number of rotatable bonds is 6. The number of piperidine rings is 1. The quantitative estimate of drug-likeness (QED) is 0.605. The summed E-state index contributed by atoms with van der Waals surface area (Å²) in [7, 11) is -2.09. The van der Waals surface area contributed by atoms with Crippen molar-refractivity contribution in [2.45, 2.75) is 30.6 Å². The monoisotopic (exact) mass is 456 g/mol. The lowest BCUT2D eigenvalue weighted by Crippen LogP contribution is -2.39. The first kappa shape index (κ1) is 22.0. The summed E-state index contributed by atoms with van der Waals surface area (Å²) in [6, 6.07) is 13.5. The normalized spacial score (nSPS) is 17.1. The molecule has 1 saturated heterocycles. The van der Waals surface area contributed by atoms with Crippen molar-refractivity contribution in [1.82, 2.24) is 14.4 Å². The van der Waals surface area contributed by atoms with Gasteiger partial charge in [-0.3, -0.25) is 4.79 Å². The molecule has 1 atom stereocenters. The summed E-state index contributed by atoms with van der Waals surface area (Å²) in [5.74, 6) is 1.22. The molecule has 9 nitrogen and oxygen atoms in total. The Morgan fingerprint density at radius 2 is 1.88 bits per heavy atom. The largest absolute Gasteiger partial charge is 0.497 e. The van der Waals surface area contributed by atoms with Gasteiger partial charge in [0, 0.05) is 31.3 Å². The van der Waals surface area contributed by atoms with Crippen LogP contribution >= 0.6 is 0 Å². The molecule has 0 spiro atoms. The van der Waals surface area contributed by atoms with E-state index in [0.717, 1.165) is 17.7 Å². The number of carbonyl (C=O) groups excluding carboxylic acids is 1. The van der Waals surface area contributed by atoms with Gasteiger partial charge in [0.25, 0.3) is 0 Å². The summed E-state index contributed by atoms with van der Waals surface area (Å²) < 4.78 is 38.4. The topological polar surface area (TPSA) is 115 Å². The predicted octanol–water partition coefficient (Wildman–Crippen LogP) is 3.27. The van der Waals surface area contributed by atoms with Gasteiger partial charge >= 0.3 is 0 Å². The minimum atomic E-state index is -3.68. The molecule has 168 valence electrons. The van der Waals surface area contributed by atoms with Crippen LogP contribution in [0.1, 0.15) is 31.6 Å². The molecule has 0 saturated carbocycles. The molecule has 2 heterocycles. The van der Waals surface area contributed by atoms with Crippen molar-refractivity contribution in [2.24, 2.45) is 0 Å². The number of ether oxygens (including phenoxy) is 1. The number of aromatic nitrogens is 2. The van der Waals surface area contributed by atoms with Crippen LogP contribution in [0.5, 0.6) is 5.75 Å². The highest BCUT2D eigenvalue weighted by Gasteiger charge is 2.33. The molecule has 0 aliphatic carbocycles. The number of hydrogen-bond donors (Lipinski definition) is 1.